The van der Waals surface area contributed by atoms with Crippen molar-refractivity contribution in [1.82, 2.24) is 0 Å². The predicted octanol–water partition coefficient (Wildman–Crippen LogP) is 3.82. The molecule has 68 valence electrons. The van der Waals surface area contributed by atoms with Gasteiger partial charge in [0.25, 0.3) is 0 Å². The second-order valence-electron chi connectivity index (χ2n) is 2.35. The Morgan fingerprint density at radius 3 is 2.18 bits per heavy atom. The van der Waals surface area contributed by atoms with E-state index in [-0.39, 0.29) is 17.5 Å². The molecule has 0 aliphatic rings. The highest BCUT2D eigenvalue weighted by molar-refractivity contribution is 8.00. The molecule has 0 amide bonds. The summed E-state index contributed by atoms with van der Waals surface area (Å²) < 4.78 is 34.6. The number of unbranched alkanes of at least 4 members (excludes halogenated alkanes) is 3. The minimum atomic E-state index is -4.04. The Balaban J connectivity index is 3.02. The van der Waals surface area contributed by atoms with E-state index in [2.05, 4.69) is 0 Å². The first-order valence-electron chi connectivity index (χ1n) is 3.77. The van der Waals surface area contributed by atoms with Crippen molar-refractivity contribution in [2.45, 2.75) is 38.1 Å². The Labute approximate surface area is 69.5 Å². The summed E-state index contributed by atoms with van der Waals surface area (Å²) in [7, 11) is 0. The van der Waals surface area contributed by atoms with Gasteiger partial charge in [0.1, 0.15) is 0 Å². The fourth-order valence-corrected chi connectivity index (χ4v) is 1.30. The summed E-state index contributed by atoms with van der Waals surface area (Å²) >= 11 is 0.0840. The summed E-state index contributed by atoms with van der Waals surface area (Å²) in [4.78, 5) is 0. The molecular formula is C7H13F3S. The first-order valence-corrected chi connectivity index (χ1v) is 4.75. The standard InChI is InChI=1S/C7H13F3S/c1-2-3-4-5-6-11-7(8,9)10/h2-6H2,1H3. The van der Waals surface area contributed by atoms with E-state index in [1.54, 1.807) is 0 Å². The lowest BCUT2D eigenvalue weighted by atomic mass is 10.2. The summed E-state index contributed by atoms with van der Waals surface area (Å²) in [6.45, 7) is 2.04. The molecule has 0 N–H and O–H groups in total. The normalized spacial score (nSPS) is 12.0. The molecule has 0 fully saturated rings. The number of hydrogen-bond acceptors (Lipinski definition) is 1. The van der Waals surface area contributed by atoms with E-state index in [1.165, 1.54) is 0 Å². The zero-order valence-corrected chi connectivity index (χ0v) is 7.39. The van der Waals surface area contributed by atoms with Gasteiger partial charge in [-0.05, 0) is 6.42 Å². The molecule has 0 bridgehead atoms. The third-order valence-corrected chi connectivity index (χ3v) is 2.08. The first kappa shape index (κ1) is 11.1. The van der Waals surface area contributed by atoms with E-state index in [1.807, 2.05) is 6.92 Å². The van der Waals surface area contributed by atoms with E-state index >= 15 is 0 Å². The molecule has 0 spiro atoms. The van der Waals surface area contributed by atoms with Gasteiger partial charge in [-0.3, -0.25) is 0 Å². The molecule has 0 rings (SSSR count). The lowest BCUT2D eigenvalue weighted by Crippen LogP contribution is -2.01. The summed E-state index contributed by atoms with van der Waals surface area (Å²) in [6, 6.07) is 0. The number of rotatable bonds is 5. The van der Waals surface area contributed by atoms with E-state index in [0.717, 1.165) is 19.3 Å². The molecule has 0 aliphatic heterocycles. The van der Waals surface area contributed by atoms with Crippen LogP contribution >= 0.6 is 11.8 Å². The second kappa shape index (κ2) is 5.75. The fraction of sp³-hybridized carbons (Fsp3) is 1.00. The van der Waals surface area contributed by atoms with Crippen LogP contribution in [-0.4, -0.2) is 11.3 Å². The Bertz CT molecular complexity index is 90.2. The molecule has 4 heteroatoms. The van der Waals surface area contributed by atoms with Gasteiger partial charge in [0, 0.05) is 5.75 Å². The molecular weight excluding hydrogens is 173 g/mol. The molecule has 0 saturated heterocycles. The van der Waals surface area contributed by atoms with Crippen molar-refractivity contribution in [2.24, 2.45) is 0 Å². The van der Waals surface area contributed by atoms with Crippen molar-refractivity contribution in [3.8, 4) is 0 Å². The topological polar surface area (TPSA) is 0 Å². The highest BCUT2D eigenvalue weighted by Gasteiger charge is 2.27. The van der Waals surface area contributed by atoms with Crippen LogP contribution < -0.4 is 0 Å². The smallest absolute Gasteiger partial charge is 0.160 e. The van der Waals surface area contributed by atoms with E-state index in [0.29, 0.717) is 6.42 Å². The molecule has 0 saturated carbocycles. The van der Waals surface area contributed by atoms with Crippen LogP contribution in [-0.2, 0) is 0 Å². The molecule has 0 aromatic heterocycles. The van der Waals surface area contributed by atoms with Crippen molar-refractivity contribution < 1.29 is 13.2 Å². The summed E-state index contributed by atoms with van der Waals surface area (Å²) in [5.41, 5.74) is -4.04. The van der Waals surface area contributed by atoms with Crippen LogP contribution in [0.1, 0.15) is 32.6 Å². The summed E-state index contributed by atoms with van der Waals surface area (Å²) in [5.74, 6) is 0.212. The van der Waals surface area contributed by atoms with Crippen LogP contribution in [0, 0.1) is 0 Å². The predicted molar refractivity (Wildman–Crippen MR) is 42.7 cm³/mol. The molecule has 0 aromatic carbocycles. The summed E-state index contributed by atoms with van der Waals surface area (Å²) in [6.07, 6.45) is 3.70. The molecule has 0 radical (unpaired) electrons. The van der Waals surface area contributed by atoms with Gasteiger partial charge in [-0.2, -0.15) is 13.2 Å². The Hall–Kier alpha value is 0.140. The average Bonchev–Trinajstić information content (AvgIpc) is 1.85. The molecule has 0 atom stereocenters. The minimum absolute atomic E-state index is 0.0840. The van der Waals surface area contributed by atoms with Crippen LogP contribution in [0.4, 0.5) is 13.2 Å². The van der Waals surface area contributed by atoms with E-state index < -0.39 is 5.51 Å². The van der Waals surface area contributed by atoms with Crippen LogP contribution in [0.5, 0.6) is 0 Å². The van der Waals surface area contributed by atoms with Gasteiger partial charge in [0.15, 0.2) is 0 Å². The van der Waals surface area contributed by atoms with Crippen molar-refractivity contribution >= 4 is 11.8 Å². The molecule has 11 heavy (non-hydrogen) atoms. The SMILES string of the molecule is CCCCCCSC(F)(F)F. The quantitative estimate of drug-likeness (QED) is 0.588. The van der Waals surface area contributed by atoms with E-state index in [4.69, 9.17) is 0 Å². The fourth-order valence-electron chi connectivity index (χ4n) is 0.717. The highest BCUT2D eigenvalue weighted by Crippen LogP contribution is 2.30. The first-order chi connectivity index (χ1) is 5.06. The summed E-state index contributed by atoms with van der Waals surface area (Å²) in [5, 5.41) is 0. The van der Waals surface area contributed by atoms with Crippen molar-refractivity contribution in [3.05, 3.63) is 0 Å². The molecule has 0 heterocycles. The number of thioether (sulfide) groups is 1. The molecule has 0 nitrogen and oxygen atoms in total. The van der Waals surface area contributed by atoms with Crippen LogP contribution in [0.2, 0.25) is 0 Å². The minimum Gasteiger partial charge on any atom is -0.160 e. The van der Waals surface area contributed by atoms with Crippen LogP contribution in [0.15, 0.2) is 0 Å². The Morgan fingerprint density at radius 2 is 1.73 bits per heavy atom. The highest BCUT2D eigenvalue weighted by atomic mass is 32.2. The third-order valence-electron chi connectivity index (χ3n) is 1.26. The van der Waals surface area contributed by atoms with Gasteiger partial charge in [-0.15, -0.1) is 0 Å². The zero-order valence-electron chi connectivity index (χ0n) is 6.58. The van der Waals surface area contributed by atoms with Gasteiger partial charge >= 0.3 is 5.51 Å². The Kier molecular flexibility index (Phi) is 5.82. The lowest BCUT2D eigenvalue weighted by molar-refractivity contribution is -0.0328. The number of alkyl halides is 3. The van der Waals surface area contributed by atoms with Gasteiger partial charge in [-0.25, -0.2) is 0 Å². The Morgan fingerprint density at radius 1 is 1.09 bits per heavy atom. The largest absolute Gasteiger partial charge is 0.441 e. The van der Waals surface area contributed by atoms with Crippen LogP contribution in [0.3, 0.4) is 0 Å². The lowest BCUT2D eigenvalue weighted by Gasteiger charge is -2.03. The second-order valence-corrected chi connectivity index (χ2v) is 3.51. The molecule has 0 aromatic rings. The van der Waals surface area contributed by atoms with Gasteiger partial charge in [0.05, 0.1) is 0 Å². The van der Waals surface area contributed by atoms with Gasteiger partial charge in [-0.1, -0.05) is 37.9 Å². The van der Waals surface area contributed by atoms with Crippen molar-refractivity contribution in [1.29, 1.82) is 0 Å². The zero-order chi connectivity index (χ0) is 8.74. The molecule has 0 aliphatic carbocycles. The van der Waals surface area contributed by atoms with E-state index in [9.17, 15) is 13.2 Å². The average molecular weight is 186 g/mol. The van der Waals surface area contributed by atoms with Gasteiger partial charge < -0.3 is 0 Å². The van der Waals surface area contributed by atoms with Gasteiger partial charge in [0.2, 0.25) is 0 Å². The monoisotopic (exact) mass is 186 g/mol. The third kappa shape index (κ3) is 10.1. The maximum atomic E-state index is 11.5. The van der Waals surface area contributed by atoms with Crippen molar-refractivity contribution in [3.63, 3.8) is 0 Å². The maximum absolute atomic E-state index is 11.5. The number of halogens is 3. The van der Waals surface area contributed by atoms with Crippen LogP contribution in [0.25, 0.3) is 0 Å². The maximum Gasteiger partial charge on any atom is 0.441 e. The molecule has 0 unspecified atom stereocenters. The van der Waals surface area contributed by atoms with Crippen molar-refractivity contribution in [2.75, 3.05) is 5.75 Å². The number of hydrogen-bond donors (Lipinski definition) is 0.